The van der Waals surface area contributed by atoms with Gasteiger partial charge >= 0.3 is 11.9 Å². The third kappa shape index (κ3) is 2.78. The van der Waals surface area contributed by atoms with E-state index in [0.29, 0.717) is 10.7 Å². The molecule has 2 aliphatic carbocycles. The summed E-state index contributed by atoms with van der Waals surface area (Å²) in [4.78, 5) is 36.3. The van der Waals surface area contributed by atoms with Crippen LogP contribution >= 0.6 is 11.6 Å². The molecule has 5 atom stereocenters. The van der Waals surface area contributed by atoms with Crippen LogP contribution in [0.15, 0.2) is 18.2 Å². The van der Waals surface area contributed by atoms with Gasteiger partial charge in [-0.1, -0.05) is 17.7 Å². The Hall–Kier alpha value is -2.08. The molecule has 7 heteroatoms. The number of esters is 2. The number of rotatable bonds is 4. The molecule has 2 bridgehead atoms. The van der Waals surface area contributed by atoms with Crippen LogP contribution in [0.4, 0.5) is 5.69 Å². The molecule has 25 heavy (non-hydrogen) atoms. The van der Waals surface area contributed by atoms with Gasteiger partial charge in [-0.3, -0.25) is 14.4 Å². The largest absolute Gasteiger partial charge is 0.462 e. The van der Waals surface area contributed by atoms with E-state index in [1.165, 1.54) is 0 Å². The zero-order chi connectivity index (χ0) is 17.7. The summed E-state index contributed by atoms with van der Waals surface area (Å²) in [5.74, 6) is -1.82. The average molecular weight is 364 g/mol. The molecule has 1 amide bonds. The molecule has 1 aliphatic heterocycles. The number of anilines is 1. The summed E-state index contributed by atoms with van der Waals surface area (Å²) in [6, 6.07) is 5.16. The Bertz CT molecular complexity index is 762. The highest BCUT2D eigenvalue weighted by molar-refractivity contribution is 6.31. The summed E-state index contributed by atoms with van der Waals surface area (Å²) in [6.07, 6.45) is 1.52. The highest BCUT2D eigenvalue weighted by Gasteiger charge is 2.64. The van der Waals surface area contributed by atoms with E-state index in [4.69, 9.17) is 21.1 Å². The van der Waals surface area contributed by atoms with Crippen molar-refractivity contribution in [1.82, 2.24) is 0 Å². The molecule has 1 heterocycles. The van der Waals surface area contributed by atoms with E-state index in [9.17, 15) is 14.4 Å². The molecule has 1 aromatic carbocycles. The maximum Gasteiger partial charge on any atom is 0.310 e. The quantitative estimate of drug-likeness (QED) is 0.830. The molecule has 1 N–H and O–H groups in total. The van der Waals surface area contributed by atoms with Crippen molar-refractivity contribution in [3.63, 3.8) is 0 Å². The minimum atomic E-state index is -0.480. The molecule has 3 aliphatic rings. The van der Waals surface area contributed by atoms with E-state index in [1.807, 2.05) is 6.92 Å². The van der Waals surface area contributed by atoms with Gasteiger partial charge in [-0.2, -0.15) is 0 Å². The second kappa shape index (κ2) is 6.02. The van der Waals surface area contributed by atoms with Crippen LogP contribution in [0.2, 0.25) is 5.02 Å². The van der Waals surface area contributed by atoms with Crippen LogP contribution in [0, 0.1) is 30.6 Å². The minimum Gasteiger partial charge on any atom is -0.462 e. The summed E-state index contributed by atoms with van der Waals surface area (Å²) in [5.41, 5.74) is 1.45. The van der Waals surface area contributed by atoms with Gasteiger partial charge in [-0.25, -0.2) is 0 Å². The Morgan fingerprint density at radius 2 is 2.16 bits per heavy atom. The van der Waals surface area contributed by atoms with Gasteiger partial charge in [0.2, 0.25) is 0 Å². The number of nitrogens with one attached hydrogen (secondary N) is 1. The zero-order valence-electron chi connectivity index (χ0n) is 13.7. The van der Waals surface area contributed by atoms with Gasteiger partial charge in [0.15, 0.2) is 6.61 Å². The number of fused-ring (bicyclic) bond motifs is 1. The van der Waals surface area contributed by atoms with E-state index in [0.717, 1.165) is 18.4 Å². The average Bonchev–Trinajstić information content (AvgIpc) is 3.18. The minimum absolute atomic E-state index is 0.0267. The van der Waals surface area contributed by atoms with Crippen LogP contribution in [0.25, 0.3) is 0 Å². The first-order valence-corrected chi connectivity index (χ1v) is 8.75. The lowest BCUT2D eigenvalue weighted by molar-refractivity contribution is -0.157. The highest BCUT2D eigenvalue weighted by atomic mass is 35.5. The third-order valence-corrected chi connectivity index (χ3v) is 5.96. The SMILES string of the molecule is Cc1ccc(NC(=O)COC(=O)[C@@H]2[C@@H]3C[C@@H]4[C@@H]2C(=O)O[C@H]4C3)cc1Cl. The van der Waals surface area contributed by atoms with Gasteiger partial charge in [0.25, 0.3) is 5.91 Å². The number of hydrogen-bond acceptors (Lipinski definition) is 5. The normalized spacial score (nSPS) is 31.8. The lowest BCUT2D eigenvalue weighted by Crippen LogP contribution is -2.34. The molecule has 1 saturated heterocycles. The number of hydrogen-bond donors (Lipinski definition) is 1. The second-order valence-electron chi connectivity index (χ2n) is 7.04. The molecule has 132 valence electrons. The molecular formula is C18H18ClNO5. The highest BCUT2D eigenvalue weighted by Crippen LogP contribution is 2.57. The first-order valence-electron chi connectivity index (χ1n) is 8.37. The van der Waals surface area contributed by atoms with Gasteiger partial charge in [-0.05, 0) is 43.4 Å². The van der Waals surface area contributed by atoms with E-state index in [1.54, 1.807) is 18.2 Å². The Kier molecular flexibility index (Phi) is 3.95. The lowest BCUT2D eigenvalue weighted by atomic mass is 9.80. The second-order valence-corrected chi connectivity index (χ2v) is 7.45. The summed E-state index contributed by atoms with van der Waals surface area (Å²) < 4.78 is 10.5. The van der Waals surface area contributed by atoms with Crippen molar-refractivity contribution < 1.29 is 23.9 Å². The predicted octanol–water partition coefficient (Wildman–Crippen LogP) is 2.33. The molecular weight excluding hydrogens is 346 g/mol. The number of halogens is 1. The van der Waals surface area contributed by atoms with Crippen LogP contribution in [-0.2, 0) is 23.9 Å². The van der Waals surface area contributed by atoms with Gasteiger partial charge in [0.05, 0.1) is 11.8 Å². The van der Waals surface area contributed by atoms with E-state index in [2.05, 4.69) is 5.32 Å². The fourth-order valence-electron chi connectivity index (χ4n) is 4.43. The van der Waals surface area contributed by atoms with E-state index < -0.39 is 23.7 Å². The molecule has 0 aromatic heterocycles. The Labute approximate surface area is 149 Å². The van der Waals surface area contributed by atoms with Crippen LogP contribution in [0.5, 0.6) is 0 Å². The van der Waals surface area contributed by atoms with Crippen molar-refractivity contribution in [3.8, 4) is 0 Å². The number of carbonyl (C=O) groups is 3. The molecule has 2 saturated carbocycles. The van der Waals surface area contributed by atoms with Crippen LogP contribution in [-0.4, -0.2) is 30.6 Å². The van der Waals surface area contributed by atoms with Gasteiger partial charge < -0.3 is 14.8 Å². The van der Waals surface area contributed by atoms with Crippen LogP contribution < -0.4 is 5.32 Å². The summed E-state index contributed by atoms with van der Waals surface area (Å²) >= 11 is 6.02. The molecule has 0 unspecified atom stereocenters. The van der Waals surface area contributed by atoms with Crippen molar-refractivity contribution in [3.05, 3.63) is 28.8 Å². The summed E-state index contributed by atoms with van der Waals surface area (Å²) in [5, 5.41) is 3.19. The Balaban J connectivity index is 1.34. The Morgan fingerprint density at radius 1 is 1.36 bits per heavy atom. The molecule has 6 nitrogen and oxygen atoms in total. The number of benzene rings is 1. The maximum atomic E-state index is 12.4. The molecule has 1 aromatic rings. The predicted molar refractivity (Wildman–Crippen MR) is 88.9 cm³/mol. The molecule has 3 fully saturated rings. The van der Waals surface area contributed by atoms with Crippen molar-refractivity contribution in [2.24, 2.45) is 23.7 Å². The number of aryl methyl sites for hydroxylation is 1. The monoisotopic (exact) mass is 363 g/mol. The number of carbonyl (C=O) groups excluding carboxylic acids is 3. The fourth-order valence-corrected chi connectivity index (χ4v) is 4.61. The van der Waals surface area contributed by atoms with Gasteiger partial charge in [0.1, 0.15) is 6.10 Å². The third-order valence-electron chi connectivity index (χ3n) is 5.56. The molecule has 0 spiro atoms. The van der Waals surface area contributed by atoms with Crippen LogP contribution in [0.1, 0.15) is 18.4 Å². The summed E-state index contributed by atoms with van der Waals surface area (Å²) in [7, 11) is 0. The fraction of sp³-hybridized carbons (Fsp3) is 0.500. The van der Waals surface area contributed by atoms with Crippen LogP contribution in [0.3, 0.4) is 0 Å². The van der Waals surface area contributed by atoms with E-state index >= 15 is 0 Å². The standard InChI is InChI=1S/C18H18ClNO5/c1-8-2-3-10(6-12(8)19)20-14(21)7-24-17(22)15-9-4-11-13(5-9)25-18(23)16(11)15/h2-3,6,9,11,13,15-16H,4-5,7H2,1H3,(H,20,21)/t9-,11+,13+,15-,16+/m1/s1. The van der Waals surface area contributed by atoms with Crippen molar-refractivity contribution in [1.29, 1.82) is 0 Å². The van der Waals surface area contributed by atoms with Crippen molar-refractivity contribution in [2.75, 3.05) is 11.9 Å². The van der Waals surface area contributed by atoms with Crippen molar-refractivity contribution >= 4 is 35.1 Å². The Morgan fingerprint density at radius 3 is 2.92 bits per heavy atom. The number of ether oxygens (including phenoxy) is 2. The van der Waals surface area contributed by atoms with Gasteiger partial charge in [-0.15, -0.1) is 0 Å². The zero-order valence-corrected chi connectivity index (χ0v) is 14.4. The smallest absolute Gasteiger partial charge is 0.310 e. The van der Waals surface area contributed by atoms with Crippen molar-refractivity contribution in [2.45, 2.75) is 25.9 Å². The van der Waals surface area contributed by atoms with Gasteiger partial charge in [0, 0.05) is 16.6 Å². The molecule has 0 radical (unpaired) electrons. The topological polar surface area (TPSA) is 81.7 Å². The maximum absolute atomic E-state index is 12.4. The number of amides is 1. The summed E-state index contributed by atoms with van der Waals surface area (Å²) in [6.45, 7) is 1.48. The first kappa shape index (κ1) is 16.4. The first-order chi connectivity index (χ1) is 11.9. The lowest BCUT2D eigenvalue weighted by Gasteiger charge is -2.22. The van der Waals surface area contributed by atoms with E-state index in [-0.39, 0.29) is 30.5 Å². The molecule has 4 rings (SSSR count).